The molecule has 170 valence electrons. The maximum atomic E-state index is 13.1. The van der Waals surface area contributed by atoms with Crippen molar-refractivity contribution >= 4 is 17.4 Å². The summed E-state index contributed by atoms with van der Waals surface area (Å²) >= 11 is 0. The number of phenols is 1. The Balaban J connectivity index is 1.88. The third kappa shape index (κ3) is 4.15. The molecule has 0 bridgehead atoms. The molecule has 8 heteroatoms. The number of hydrogen-bond acceptors (Lipinski definition) is 7. The minimum absolute atomic E-state index is 0.0151. The molecule has 1 aliphatic heterocycles. The van der Waals surface area contributed by atoms with Crippen LogP contribution in [0.4, 0.5) is 0 Å². The van der Waals surface area contributed by atoms with Crippen LogP contribution in [0.15, 0.2) is 70.9 Å². The van der Waals surface area contributed by atoms with Crippen LogP contribution in [-0.2, 0) is 16.1 Å². The highest BCUT2D eigenvalue weighted by atomic mass is 16.5. The van der Waals surface area contributed by atoms with Gasteiger partial charge in [-0.3, -0.25) is 9.59 Å². The van der Waals surface area contributed by atoms with Gasteiger partial charge in [-0.15, -0.1) is 0 Å². The predicted octanol–water partition coefficient (Wildman–Crippen LogP) is 4.01. The van der Waals surface area contributed by atoms with E-state index in [0.717, 1.165) is 0 Å². The molecule has 2 aromatic carbocycles. The Bertz CT molecular complexity index is 1210. The van der Waals surface area contributed by atoms with E-state index in [0.29, 0.717) is 29.2 Å². The van der Waals surface area contributed by atoms with Crippen LogP contribution >= 0.6 is 0 Å². The lowest BCUT2D eigenvalue weighted by atomic mass is 9.95. The van der Waals surface area contributed by atoms with Crippen molar-refractivity contribution in [1.82, 2.24) is 4.90 Å². The van der Waals surface area contributed by atoms with Gasteiger partial charge in [0.2, 0.25) is 0 Å². The number of likely N-dealkylation sites (tertiary alicyclic amines) is 1. The second kappa shape index (κ2) is 9.12. The Kier molecular flexibility index (Phi) is 6.08. The van der Waals surface area contributed by atoms with Gasteiger partial charge in [-0.2, -0.15) is 0 Å². The number of nitrogens with zero attached hydrogens (tertiary/aromatic N) is 1. The van der Waals surface area contributed by atoms with Crippen molar-refractivity contribution in [2.75, 3.05) is 13.7 Å². The molecule has 3 aromatic rings. The number of ketones is 1. The van der Waals surface area contributed by atoms with Crippen LogP contribution in [-0.4, -0.2) is 40.5 Å². The van der Waals surface area contributed by atoms with Crippen LogP contribution < -0.4 is 9.47 Å². The van der Waals surface area contributed by atoms with E-state index in [1.807, 2.05) is 6.92 Å². The standard InChI is InChI=1S/C25H23NO7/c1-3-32-17-7-4-6-16(12-17)23(28)21-22(15-9-10-19(27)20(13-15)31-2)26(25(30)24(21)29)14-18-8-5-11-33-18/h4-13,22,27-28H,3,14H2,1-2H3/b23-21+. The van der Waals surface area contributed by atoms with Gasteiger partial charge in [0.25, 0.3) is 11.7 Å². The molecule has 1 aliphatic rings. The summed E-state index contributed by atoms with van der Waals surface area (Å²) in [5, 5.41) is 21.2. The van der Waals surface area contributed by atoms with Crippen LogP contribution in [0, 0.1) is 0 Å². The number of furan rings is 1. The molecule has 1 atom stereocenters. The van der Waals surface area contributed by atoms with E-state index in [2.05, 4.69) is 0 Å². The van der Waals surface area contributed by atoms with Crippen LogP contribution in [0.2, 0.25) is 0 Å². The molecule has 1 unspecified atom stereocenters. The summed E-state index contributed by atoms with van der Waals surface area (Å²) in [4.78, 5) is 27.5. The fraction of sp³-hybridized carbons (Fsp3) is 0.200. The SMILES string of the molecule is CCOc1cccc(/C(O)=C2\C(=O)C(=O)N(Cc3ccco3)C2c2ccc(O)c(OC)c2)c1. The monoisotopic (exact) mass is 449 g/mol. The lowest BCUT2D eigenvalue weighted by molar-refractivity contribution is -0.140. The zero-order chi connectivity index (χ0) is 23.5. The molecule has 8 nitrogen and oxygen atoms in total. The Morgan fingerprint density at radius 1 is 1.12 bits per heavy atom. The number of phenolic OH excluding ortho intramolecular Hbond substituents is 1. The van der Waals surface area contributed by atoms with Crippen LogP contribution in [0.1, 0.15) is 29.9 Å². The molecule has 1 fully saturated rings. The molecule has 0 saturated carbocycles. The van der Waals surface area contributed by atoms with Gasteiger partial charge in [-0.1, -0.05) is 18.2 Å². The summed E-state index contributed by atoms with van der Waals surface area (Å²) in [6.07, 6.45) is 1.48. The van der Waals surface area contributed by atoms with Gasteiger partial charge in [0, 0.05) is 5.56 Å². The van der Waals surface area contributed by atoms with Gasteiger partial charge in [-0.25, -0.2) is 0 Å². The first-order valence-corrected chi connectivity index (χ1v) is 10.4. The molecule has 1 aromatic heterocycles. The van der Waals surface area contributed by atoms with Crippen molar-refractivity contribution in [3.8, 4) is 17.2 Å². The summed E-state index contributed by atoms with van der Waals surface area (Å²) in [7, 11) is 1.40. The maximum absolute atomic E-state index is 13.1. The minimum atomic E-state index is -0.930. The van der Waals surface area contributed by atoms with Gasteiger partial charge in [0.05, 0.1) is 38.1 Å². The molecule has 0 aliphatic carbocycles. The van der Waals surface area contributed by atoms with E-state index in [9.17, 15) is 19.8 Å². The number of aromatic hydroxyl groups is 1. The Hall–Kier alpha value is -4.20. The van der Waals surface area contributed by atoms with Crippen molar-refractivity contribution in [3.63, 3.8) is 0 Å². The number of Topliss-reactive ketones (excluding diaryl/α,β-unsaturated/α-hetero) is 1. The fourth-order valence-electron chi connectivity index (χ4n) is 3.88. The van der Waals surface area contributed by atoms with Crippen LogP contribution in [0.25, 0.3) is 5.76 Å². The number of amides is 1. The first-order chi connectivity index (χ1) is 15.9. The molecule has 0 radical (unpaired) electrons. The molecule has 1 saturated heterocycles. The van der Waals surface area contributed by atoms with Crippen molar-refractivity contribution in [3.05, 3.63) is 83.3 Å². The van der Waals surface area contributed by atoms with Gasteiger partial charge >= 0.3 is 0 Å². The summed E-state index contributed by atoms with van der Waals surface area (Å²) in [6, 6.07) is 13.6. The second-order valence-corrected chi connectivity index (χ2v) is 7.40. The second-order valence-electron chi connectivity index (χ2n) is 7.40. The number of benzene rings is 2. The molecule has 0 spiro atoms. The molecule has 1 amide bonds. The average Bonchev–Trinajstić information content (AvgIpc) is 3.42. The van der Waals surface area contributed by atoms with E-state index in [1.54, 1.807) is 42.5 Å². The van der Waals surface area contributed by atoms with E-state index in [4.69, 9.17) is 13.9 Å². The third-order valence-electron chi connectivity index (χ3n) is 5.38. The Morgan fingerprint density at radius 3 is 2.64 bits per heavy atom. The smallest absolute Gasteiger partial charge is 0.296 e. The van der Waals surface area contributed by atoms with Crippen LogP contribution in [0.5, 0.6) is 17.2 Å². The number of aliphatic hydroxyl groups is 1. The zero-order valence-corrected chi connectivity index (χ0v) is 18.1. The zero-order valence-electron chi connectivity index (χ0n) is 18.1. The average molecular weight is 449 g/mol. The number of hydrogen-bond donors (Lipinski definition) is 2. The lowest BCUT2D eigenvalue weighted by Gasteiger charge is -2.25. The maximum Gasteiger partial charge on any atom is 0.296 e. The van der Waals surface area contributed by atoms with E-state index in [-0.39, 0.29) is 29.4 Å². The van der Waals surface area contributed by atoms with E-state index >= 15 is 0 Å². The number of aliphatic hydroxyl groups excluding tert-OH is 1. The normalized spacial score (nSPS) is 17.4. The molecule has 2 N–H and O–H groups in total. The molecule has 33 heavy (non-hydrogen) atoms. The van der Waals surface area contributed by atoms with Gasteiger partial charge in [-0.05, 0) is 48.9 Å². The molecule has 2 heterocycles. The largest absolute Gasteiger partial charge is 0.507 e. The highest BCUT2D eigenvalue weighted by Crippen LogP contribution is 2.42. The number of ether oxygens (including phenoxy) is 2. The first-order valence-electron chi connectivity index (χ1n) is 10.4. The highest BCUT2D eigenvalue weighted by molar-refractivity contribution is 6.46. The number of methoxy groups -OCH3 is 1. The van der Waals surface area contributed by atoms with Crippen LogP contribution in [0.3, 0.4) is 0 Å². The van der Waals surface area contributed by atoms with Crippen molar-refractivity contribution in [1.29, 1.82) is 0 Å². The van der Waals surface area contributed by atoms with Crippen molar-refractivity contribution in [2.24, 2.45) is 0 Å². The van der Waals surface area contributed by atoms with E-state index in [1.165, 1.54) is 30.4 Å². The molecular formula is C25H23NO7. The number of carbonyl (C=O) groups excluding carboxylic acids is 2. The third-order valence-corrected chi connectivity index (χ3v) is 5.38. The summed E-state index contributed by atoms with van der Waals surface area (Å²) in [6.45, 7) is 2.29. The quantitative estimate of drug-likeness (QED) is 0.319. The Labute approximate surface area is 190 Å². The molecular weight excluding hydrogens is 426 g/mol. The van der Waals surface area contributed by atoms with Gasteiger partial charge < -0.3 is 29.0 Å². The lowest BCUT2D eigenvalue weighted by Crippen LogP contribution is -2.29. The van der Waals surface area contributed by atoms with Gasteiger partial charge in [0.1, 0.15) is 17.3 Å². The topological polar surface area (TPSA) is 109 Å². The van der Waals surface area contributed by atoms with Gasteiger partial charge in [0.15, 0.2) is 11.5 Å². The summed E-state index contributed by atoms with van der Waals surface area (Å²) in [5.41, 5.74) is 0.749. The van der Waals surface area contributed by atoms with Crippen molar-refractivity contribution < 1.29 is 33.7 Å². The number of rotatable bonds is 7. The van der Waals surface area contributed by atoms with Crippen molar-refractivity contribution in [2.45, 2.75) is 19.5 Å². The summed E-state index contributed by atoms with van der Waals surface area (Å²) < 4.78 is 16.1. The first kappa shape index (κ1) is 22.0. The fourth-order valence-corrected chi connectivity index (χ4v) is 3.88. The highest BCUT2D eigenvalue weighted by Gasteiger charge is 2.46. The van der Waals surface area contributed by atoms with E-state index < -0.39 is 17.7 Å². The molecule has 4 rings (SSSR count). The minimum Gasteiger partial charge on any atom is -0.507 e. The number of carbonyl (C=O) groups is 2. The Morgan fingerprint density at radius 2 is 1.94 bits per heavy atom. The summed E-state index contributed by atoms with van der Waals surface area (Å²) in [5.74, 6) is -0.832. The predicted molar refractivity (Wildman–Crippen MR) is 119 cm³/mol.